The zero-order valence-corrected chi connectivity index (χ0v) is 17.6. The normalized spacial score (nSPS) is 14.0. The fourth-order valence-electron chi connectivity index (χ4n) is 2.99. The molecule has 4 amide bonds. The number of hydrogen-bond donors (Lipinski definition) is 4. The molecule has 1 saturated heterocycles. The second-order valence-corrected chi connectivity index (χ2v) is 7.85. The average Bonchev–Trinajstić information content (AvgIpc) is 2.66. The van der Waals surface area contributed by atoms with Crippen molar-refractivity contribution in [2.75, 3.05) is 29.9 Å². The van der Waals surface area contributed by atoms with Crippen molar-refractivity contribution < 1.29 is 19.1 Å². The summed E-state index contributed by atoms with van der Waals surface area (Å²) in [4.78, 5) is 38.4. The van der Waals surface area contributed by atoms with Crippen LogP contribution in [0.1, 0.15) is 57.3 Å². The Labute approximate surface area is 171 Å². The van der Waals surface area contributed by atoms with Crippen LogP contribution in [-0.2, 0) is 4.74 Å². The molecular formula is C20H31N5O4. The molecule has 9 heteroatoms. The number of carbonyl (C=O) groups excluding carboxylic acids is 3. The Morgan fingerprint density at radius 1 is 1.07 bits per heavy atom. The lowest BCUT2D eigenvalue weighted by atomic mass is 10.1. The van der Waals surface area contributed by atoms with Crippen molar-refractivity contribution in [1.29, 1.82) is 0 Å². The van der Waals surface area contributed by atoms with Crippen LogP contribution in [0.2, 0.25) is 0 Å². The Balaban J connectivity index is 2.14. The minimum atomic E-state index is -0.739. The molecule has 0 radical (unpaired) electrons. The van der Waals surface area contributed by atoms with Gasteiger partial charge in [-0.1, -0.05) is 0 Å². The van der Waals surface area contributed by atoms with Gasteiger partial charge in [-0.25, -0.2) is 15.0 Å². The first-order valence-corrected chi connectivity index (χ1v) is 9.93. The molecule has 1 aromatic rings. The van der Waals surface area contributed by atoms with Crippen molar-refractivity contribution in [3.63, 3.8) is 0 Å². The second kappa shape index (κ2) is 9.99. The molecule has 1 heterocycles. The highest BCUT2D eigenvalue weighted by molar-refractivity contribution is 5.99. The molecule has 1 fully saturated rings. The summed E-state index contributed by atoms with van der Waals surface area (Å²) in [5, 5.41) is 5.54. The molecule has 0 unspecified atom stereocenters. The molecule has 0 atom stereocenters. The summed E-state index contributed by atoms with van der Waals surface area (Å²) in [6.07, 6.45) is 2.53. The number of urea groups is 1. The van der Waals surface area contributed by atoms with E-state index in [0.717, 1.165) is 38.0 Å². The summed E-state index contributed by atoms with van der Waals surface area (Å²) in [5.74, 6) is -0.473. The van der Waals surface area contributed by atoms with Crippen molar-refractivity contribution in [3.8, 4) is 0 Å². The van der Waals surface area contributed by atoms with Gasteiger partial charge < -0.3 is 20.3 Å². The van der Waals surface area contributed by atoms with Gasteiger partial charge in [-0.3, -0.25) is 10.2 Å². The van der Waals surface area contributed by atoms with Crippen LogP contribution in [0.5, 0.6) is 0 Å². The molecule has 4 N–H and O–H groups in total. The van der Waals surface area contributed by atoms with Crippen LogP contribution in [0.4, 0.5) is 21.0 Å². The third-order valence-corrected chi connectivity index (χ3v) is 4.22. The molecule has 0 saturated carbocycles. The largest absolute Gasteiger partial charge is 0.443 e. The van der Waals surface area contributed by atoms with Crippen LogP contribution in [0, 0.1) is 0 Å². The first-order valence-electron chi connectivity index (χ1n) is 9.93. The van der Waals surface area contributed by atoms with E-state index in [-0.39, 0.29) is 6.03 Å². The highest BCUT2D eigenvalue weighted by Gasteiger charge is 2.20. The number of carbonyl (C=O) groups is 3. The van der Waals surface area contributed by atoms with E-state index in [1.54, 1.807) is 39.0 Å². The lowest BCUT2D eigenvalue weighted by Gasteiger charge is -2.31. The summed E-state index contributed by atoms with van der Waals surface area (Å²) in [5.41, 5.74) is 5.71. The number of nitrogens with zero attached hydrogens (tertiary/aromatic N) is 1. The van der Waals surface area contributed by atoms with Gasteiger partial charge in [-0.15, -0.1) is 0 Å². The zero-order chi connectivity index (χ0) is 21.4. The lowest BCUT2D eigenvalue weighted by Crippen LogP contribution is -2.44. The van der Waals surface area contributed by atoms with Gasteiger partial charge in [0, 0.05) is 25.2 Å². The summed E-state index contributed by atoms with van der Waals surface area (Å²) in [6.45, 7) is 9.27. The minimum absolute atomic E-state index is 0.297. The van der Waals surface area contributed by atoms with E-state index < -0.39 is 17.6 Å². The fraction of sp³-hybridized carbons (Fsp3) is 0.550. The number of piperidine rings is 1. The number of rotatable bonds is 4. The number of benzene rings is 1. The first-order chi connectivity index (χ1) is 13.7. The summed E-state index contributed by atoms with van der Waals surface area (Å²) in [7, 11) is 0. The topological polar surface area (TPSA) is 112 Å². The maximum absolute atomic E-state index is 12.5. The van der Waals surface area contributed by atoms with E-state index in [1.165, 1.54) is 0 Å². The highest BCUT2D eigenvalue weighted by Crippen LogP contribution is 2.30. The van der Waals surface area contributed by atoms with Gasteiger partial charge in [0.15, 0.2) is 0 Å². The fourth-order valence-corrected chi connectivity index (χ4v) is 2.99. The van der Waals surface area contributed by atoms with Crippen molar-refractivity contribution in [3.05, 3.63) is 23.8 Å². The third-order valence-electron chi connectivity index (χ3n) is 4.22. The highest BCUT2D eigenvalue weighted by atomic mass is 16.6. The quantitative estimate of drug-likeness (QED) is 0.576. The first kappa shape index (κ1) is 22.3. The van der Waals surface area contributed by atoms with Crippen molar-refractivity contribution in [2.45, 2.75) is 52.6 Å². The van der Waals surface area contributed by atoms with Gasteiger partial charge in [-0.05, 0) is 65.2 Å². The van der Waals surface area contributed by atoms with Gasteiger partial charge in [0.1, 0.15) is 5.60 Å². The molecule has 9 nitrogen and oxygen atoms in total. The summed E-state index contributed by atoms with van der Waals surface area (Å²) >= 11 is 0. The Hall–Kier alpha value is -2.97. The Morgan fingerprint density at radius 2 is 1.76 bits per heavy atom. The average molecular weight is 405 g/mol. The van der Waals surface area contributed by atoms with Gasteiger partial charge in [0.2, 0.25) is 0 Å². The third kappa shape index (κ3) is 7.17. The molecular weight excluding hydrogens is 374 g/mol. The monoisotopic (exact) mass is 405 g/mol. The van der Waals surface area contributed by atoms with Crippen molar-refractivity contribution >= 4 is 29.4 Å². The molecule has 0 spiro atoms. The minimum Gasteiger partial charge on any atom is -0.443 e. The van der Waals surface area contributed by atoms with Gasteiger partial charge in [0.05, 0.1) is 11.4 Å². The molecule has 160 valence electrons. The number of hydrazine groups is 1. The molecule has 0 bridgehead atoms. The van der Waals surface area contributed by atoms with E-state index in [2.05, 4.69) is 26.4 Å². The SMILES string of the molecule is CCNC(=O)Nc1ccc(C(=O)NNC(=O)OC(C)(C)C)cc1N1CCCCC1. The van der Waals surface area contributed by atoms with Crippen LogP contribution >= 0.6 is 0 Å². The van der Waals surface area contributed by atoms with Crippen LogP contribution < -0.4 is 26.4 Å². The van der Waals surface area contributed by atoms with E-state index in [0.29, 0.717) is 17.8 Å². The summed E-state index contributed by atoms with van der Waals surface area (Å²) < 4.78 is 5.10. The molecule has 2 rings (SSSR count). The van der Waals surface area contributed by atoms with Gasteiger partial charge >= 0.3 is 12.1 Å². The zero-order valence-electron chi connectivity index (χ0n) is 17.6. The predicted octanol–water partition coefficient (Wildman–Crippen LogP) is 2.99. The number of amides is 4. The molecule has 1 aromatic carbocycles. The maximum atomic E-state index is 12.5. The predicted molar refractivity (Wildman–Crippen MR) is 112 cm³/mol. The van der Waals surface area contributed by atoms with Gasteiger partial charge in [-0.2, -0.15) is 0 Å². The van der Waals surface area contributed by atoms with Crippen LogP contribution in [0.15, 0.2) is 18.2 Å². The number of hydrogen-bond acceptors (Lipinski definition) is 5. The molecule has 0 aliphatic carbocycles. The van der Waals surface area contributed by atoms with Crippen LogP contribution in [-0.4, -0.2) is 43.3 Å². The van der Waals surface area contributed by atoms with E-state index in [1.807, 2.05) is 6.92 Å². The molecule has 0 aromatic heterocycles. The Bertz CT molecular complexity index is 739. The van der Waals surface area contributed by atoms with Crippen molar-refractivity contribution in [2.24, 2.45) is 0 Å². The molecule has 1 aliphatic rings. The summed E-state index contributed by atoms with van der Waals surface area (Å²) in [6, 6.07) is 4.72. The van der Waals surface area contributed by atoms with Crippen LogP contribution in [0.3, 0.4) is 0 Å². The molecule has 1 aliphatic heterocycles. The van der Waals surface area contributed by atoms with E-state index in [9.17, 15) is 14.4 Å². The van der Waals surface area contributed by atoms with Crippen LogP contribution in [0.25, 0.3) is 0 Å². The van der Waals surface area contributed by atoms with E-state index in [4.69, 9.17) is 4.74 Å². The number of nitrogens with one attached hydrogen (secondary N) is 4. The van der Waals surface area contributed by atoms with Crippen molar-refractivity contribution in [1.82, 2.24) is 16.2 Å². The number of anilines is 2. The Kier molecular flexibility index (Phi) is 7.69. The van der Waals surface area contributed by atoms with E-state index >= 15 is 0 Å². The smallest absolute Gasteiger partial charge is 0.426 e. The number of ether oxygens (including phenoxy) is 1. The molecule has 29 heavy (non-hydrogen) atoms. The van der Waals surface area contributed by atoms with Gasteiger partial charge in [0.25, 0.3) is 5.91 Å². The second-order valence-electron chi connectivity index (χ2n) is 7.85. The standard InChI is InChI=1S/C20H31N5O4/c1-5-21-18(27)22-15-10-9-14(13-16(15)25-11-7-6-8-12-25)17(26)23-24-19(28)29-20(2,3)4/h9-10,13H,5-8,11-12H2,1-4H3,(H,23,26)(H,24,28)(H2,21,22,27). The maximum Gasteiger partial charge on any atom is 0.426 e. The Morgan fingerprint density at radius 3 is 2.38 bits per heavy atom. The lowest BCUT2D eigenvalue weighted by molar-refractivity contribution is 0.0483.